The Labute approximate surface area is 121 Å². The minimum atomic E-state index is 0.414. The topological polar surface area (TPSA) is 21.3 Å². The van der Waals surface area contributed by atoms with E-state index in [1.54, 1.807) is 0 Å². The zero-order valence-electron chi connectivity index (χ0n) is 11.9. The Morgan fingerprint density at radius 1 is 1.47 bits per heavy atom. The van der Waals surface area contributed by atoms with Gasteiger partial charge < -0.3 is 10.1 Å². The van der Waals surface area contributed by atoms with Gasteiger partial charge in [-0.25, -0.2) is 0 Å². The van der Waals surface area contributed by atoms with Gasteiger partial charge in [-0.2, -0.15) is 0 Å². The molecule has 0 bridgehead atoms. The molecule has 0 saturated carbocycles. The number of rotatable bonds is 6. The van der Waals surface area contributed by atoms with E-state index < -0.39 is 0 Å². The van der Waals surface area contributed by atoms with Crippen LogP contribution in [0.1, 0.15) is 49.3 Å². The molecule has 2 unspecified atom stereocenters. The summed E-state index contributed by atoms with van der Waals surface area (Å²) in [4.78, 5) is 0. The second kappa shape index (κ2) is 7.28. The van der Waals surface area contributed by atoms with Crippen molar-refractivity contribution in [2.75, 3.05) is 13.7 Å². The Balaban J connectivity index is 1.86. The summed E-state index contributed by atoms with van der Waals surface area (Å²) in [7, 11) is 2.03. The fourth-order valence-corrected chi connectivity index (χ4v) is 2.90. The summed E-state index contributed by atoms with van der Waals surface area (Å²) in [5.74, 6) is 0. The molecule has 19 heavy (non-hydrogen) atoms. The minimum absolute atomic E-state index is 0.414. The van der Waals surface area contributed by atoms with E-state index in [0.717, 1.165) is 23.6 Å². The lowest BCUT2D eigenvalue weighted by Gasteiger charge is -2.18. The van der Waals surface area contributed by atoms with Crippen LogP contribution in [0.25, 0.3) is 0 Å². The van der Waals surface area contributed by atoms with E-state index in [0.29, 0.717) is 12.1 Å². The molecule has 1 aromatic carbocycles. The molecular formula is C16H24ClNO. The highest BCUT2D eigenvalue weighted by atomic mass is 35.5. The molecule has 0 spiro atoms. The van der Waals surface area contributed by atoms with Crippen molar-refractivity contribution < 1.29 is 4.74 Å². The van der Waals surface area contributed by atoms with Gasteiger partial charge in [0.15, 0.2) is 0 Å². The predicted octanol–water partition coefficient (Wildman–Crippen LogP) is 4.26. The van der Waals surface area contributed by atoms with Crippen molar-refractivity contribution in [1.29, 1.82) is 0 Å². The van der Waals surface area contributed by atoms with Crippen molar-refractivity contribution in [1.82, 2.24) is 5.32 Å². The first kappa shape index (κ1) is 14.8. The van der Waals surface area contributed by atoms with Crippen LogP contribution in [0.2, 0.25) is 5.02 Å². The zero-order chi connectivity index (χ0) is 13.7. The van der Waals surface area contributed by atoms with Crippen molar-refractivity contribution in [3.8, 4) is 0 Å². The number of benzene rings is 1. The second-order valence-electron chi connectivity index (χ2n) is 5.42. The van der Waals surface area contributed by atoms with Gasteiger partial charge in [0.05, 0.1) is 6.10 Å². The molecule has 1 aromatic rings. The van der Waals surface area contributed by atoms with Gasteiger partial charge >= 0.3 is 0 Å². The lowest BCUT2D eigenvalue weighted by molar-refractivity contribution is 0.101. The van der Waals surface area contributed by atoms with Crippen LogP contribution >= 0.6 is 11.6 Å². The highest BCUT2D eigenvalue weighted by Crippen LogP contribution is 2.25. The fraction of sp³-hybridized carbons (Fsp3) is 0.625. The van der Waals surface area contributed by atoms with Crippen LogP contribution < -0.4 is 5.32 Å². The van der Waals surface area contributed by atoms with Crippen molar-refractivity contribution >= 4 is 11.6 Å². The Bertz CT molecular complexity index is 402. The van der Waals surface area contributed by atoms with Crippen LogP contribution in [0.3, 0.4) is 0 Å². The predicted molar refractivity (Wildman–Crippen MR) is 80.8 cm³/mol. The molecule has 0 aliphatic carbocycles. The first-order valence-corrected chi connectivity index (χ1v) is 7.63. The normalized spacial score (nSPS) is 20.7. The maximum absolute atomic E-state index is 6.08. The molecular weight excluding hydrogens is 258 g/mol. The first-order valence-electron chi connectivity index (χ1n) is 7.25. The maximum atomic E-state index is 6.08. The van der Waals surface area contributed by atoms with E-state index in [1.807, 2.05) is 13.1 Å². The van der Waals surface area contributed by atoms with Gasteiger partial charge in [0.25, 0.3) is 0 Å². The summed E-state index contributed by atoms with van der Waals surface area (Å²) in [6, 6.07) is 6.73. The first-order chi connectivity index (χ1) is 9.20. The van der Waals surface area contributed by atoms with Crippen LogP contribution in [-0.2, 0) is 4.74 Å². The summed E-state index contributed by atoms with van der Waals surface area (Å²) < 4.78 is 5.67. The molecule has 1 aliphatic rings. The molecule has 106 valence electrons. The van der Waals surface area contributed by atoms with Crippen LogP contribution in [0.15, 0.2) is 18.2 Å². The lowest BCUT2D eigenvalue weighted by Crippen LogP contribution is -2.17. The fourth-order valence-electron chi connectivity index (χ4n) is 2.78. The Morgan fingerprint density at radius 3 is 2.95 bits per heavy atom. The van der Waals surface area contributed by atoms with Crippen LogP contribution in [0.5, 0.6) is 0 Å². The highest BCUT2D eigenvalue weighted by Gasteiger charge is 2.16. The van der Waals surface area contributed by atoms with E-state index >= 15 is 0 Å². The van der Waals surface area contributed by atoms with Crippen LogP contribution in [0, 0.1) is 6.92 Å². The number of ether oxygens (including phenoxy) is 1. The average Bonchev–Trinajstić information content (AvgIpc) is 2.91. The van der Waals surface area contributed by atoms with Gasteiger partial charge in [-0.1, -0.05) is 23.7 Å². The molecule has 1 saturated heterocycles. The molecule has 1 N–H and O–H groups in total. The summed E-state index contributed by atoms with van der Waals surface area (Å²) in [5, 5.41) is 4.25. The molecule has 1 fully saturated rings. The maximum Gasteiger partial charge on any atom is 0.0576 e. The van der Waals surface area contributed by atoms with Gasteiger partial charge in [0.1, 0.15) is 0 Å². The van der Waals surface area contributed by atoms with Crippen molar-refractivity contribution in [2.45, 2.75) is 51.2 Å². The van der Waals surface area contributed by atoms with E-state index in [4.69, 9.17) is 16.3 Å². The Kier molecular flexibility index (Phi) is 5.68. The van der Waals surface area contributed by atoms with Gasteiger partial charge in [-0.05, 0) is 63.3 Å². The number of hydrogen-bond acceptors (Lipinski definition) is 2. The molecule has 0 radical (unpaired) electrons. The molecule has 1 heterocycles. The largest absolute Gasteiger partial charge is 0.378 e. The van der Waals surface area contributed by atoms with Gasteiger partial charge in [-0.15, -0.1) is 0 Å². The molecule has 3 heteroatoms. The summed E-state index contributed by atoms with van der Waals surface area (Å²) >= 11 is 6.08. The third-order valence-corrected chi connectivity index (χ3v) is 4.40. The molecule has 0 amide bonds. The van der Waals surface area contributed by atoms with Crippen molar-refractivity contribution in [2.24, 2.45) is 0 Å². The van der Waals surface area contributed by atoms with E-state index in [9.17, 15) is 0 Å². The molecule has 1 aliphatic heterocycles. The van der Waals surface area contributed by atoms with Crippen LogP contribution in [-0.4, -0.2) is 19.8 Å². The number of nitrogens with one attached hydrogen (secondary N) is 1. The van der Waals surface area contributed by atoms with Crippen LogP contribution in [0.4, 0.5) is 0 Å². The van der Waals surface area contributed by atoms with Gasteiger partial charge in [0, 0.05) is 17.7 Å². The van der Waals surface area contributed by atoms with E-state index in [2.05, 4.69) is 24.4 Å². The Hall–Kier alpha value is -0.570. The quantitative estimate of drug-likeness (QED) is 0.841. The van der Waals surface area contributed by atoms with E-state index in [1.165, 1.54) is 31.2 Å². The molecule has 2 nitrogen and oxygen atoms in total. The number of halogens is 1. The van der Waals surface area contributed by atoms with E-state index in [-0.39, 0.29) is 0 Å². The monoisotopic (exact) mass is 281 g/mol. The third kappa shape index (κ3) is 4.20. The molecule has 0 aromatic heterocycles. The summed E-state index contributed by atoms with van der Waals surface area (Å²) in [6.07, 6.45) is 6.52. The van der Waals surface area contributed by atoms with Crippen molar-refractivity contribution in [3.05, 3.63) is 34.3 Å². The average molecular weight is 282 g/mol. The SMILES string of the molecule is CNC(CCCC1CCCO1)c1ccc(Cl)c(C)c1. The number of aryl methyl sites for hydroxylation is 1. The zero-order valence-corrected chi connectivity index (χ0v) is 12.7. The Morgan fingerprint density at radius 2 is 2.32 bits per heavy atom. The lowest BCUT2D eigenvalue weighted by atomic mass is 9.98. The molecule has 2 rings (SSSR count). The van der Waals surface area contributed by atoms with Gasteiger partial charge in [-0.3, -0.25) is 0 Å². The molecule has 2 atom stereocenters. The summed E-state index contributed by atoms with van der Waals surface area (Å²) in [5.41, 5.74) is 2.48. The third-order valence-electron chi connectivity index (χ3n) is 3.98. The second-order valence-corrected chi connectivity index (χ2v) is 5.82. The summed E-state index contributed by atoms with van der Waals surface area (Å²) in [6.45, 7) is 3.02. The smallest absolute Gasteiger partial charge is 0.0576 e. The standard InChI is InChI=1S/C16H24ClNO/c1-12-11-13(8-9-15(12)17)16(18-2)7-3-5-14-6-4-10-19-14/h8-9,11,14,16,18H,3-7,10H2,1-2H3. The number of hydrogen-bond donors (Lipinski definition) is 1. The highest BCUT2D eigenvalue weighted by molar-refractivity contribution is 6.31. The van der Waals surface area contributed by atoms with Gasteiger partial charge in [0.2, 0.25) is 0 Å². The van der Waals surface area contributed by atoms with Crippen molar-refractivity contribution in [3.63, 3.8) is 0 Å². The minimum Gasteiger partial charge on any atom is -0.378 e.